The van der Waals surface area contributed by atoms with Gasteiger partial charge in [-0.3, -0.25) is 14.4 Å². The summed E-state index contributed by atoms with van der Waals surface area (Å²) in [6.07, 6.45) is 6.73. The van der Waals surface area contributed by atoms with Crippen LogP contribution in [-0.2, 0) is 20.8 Å². The first-order chi connectivity index (χ1) is 24.2. The molecule has 1 aromatic heterocycles. The lowest BCUT2D eigenvalue weighted by Crippen LogP contribution is -2.42. The molecule has 50 heavy (non-hydrogen) atoms. The Bertz CT molecular complexity index is 1900. The maximum absolute atomic E-state index is 13.3. The summed E-state index contributed by atoms with van der Waals surface area (Å²) in [5.74, 6) is 1.21. The normalized spacial score (nSPS) is 16.5. The molecule has 1 aliphatic carbocycles. The van der Waals surface area contributed by atoms with Crippen molar-refractivity contribution in [2.75, 3.05) is 43.8 Å². The Labute approximate surface area is 305 Å². The average molecular weight is 738 g/mol. The second-order valence-corrected chi connectivity index (χ2v) is 14.1. The standard InChI is InChI=1S/C37H38Cl2N4O6S/c1-22-29(38)7-5-9-33(22)48-13-14-49-37(46)43-21-24-17-28(24)34-27(6-4-8-32(34)43)26-18-40-42(20-26)19-25-16-23(10-11-30(25)39)35(44)41-31(12-15-50-3)36(45)47-2/h4-11,16,18,20,24,28,31H,12-15,17,19,21H2,1-3H3,(H,41,44)/t24-,28-,31?/m0/s1. The third-order valence-electron chi connectivity index (χ3n) is 9.08. The highest BCUT2D eigenvalue weighted by Crippen LogP contribution is 2.57. The molecular formula is C37H38Cl2N4O6S. The van der Waals surface area contributed by atoms with Gasteiger partial charge in [0, 0.05) is 39.5 Å². The highest BCUT2D eigenvalue weighted by molar-refractivity contribution is 7.98. The van der Waals surface area contributed by atoms with Crippen molar-refractivity contribution in [2.45, 2.75) is 38.3 Å². The summed E-state index contributed by atoms with van der Waals surface area (Å²) in [7, 11) is 1.31. The van der Waals surface area contributed by atoms with Crippen molar-refractivity contribution in [3.05, 3.63) is 99.3 Å². The quantitative estimate of drug-likeness (QED) is 0.112. The number of aromatic nitrogens is 2. The van der Waals surface area contributed by atoms with Crippen LogP contribution in [0.25, 0.3) is 11.1 Å². The summed E-state index contributed by atoms with van der Waals surface area (Å²) in [4.78, 5) is 40.4. The number of halogens is 2. The summed E-state index contributed by atoms with van der Waals surface area (Å²) in [6, 6.07) is 15.7. The van der Waals surface area contributed by atoms with E-state index in [1.807, 2.05) is 43.6 Å². The van der Waals surface area contributed by atoms with Gasteiger partial charge in [0.25, 0.3) is 5.91 Å². The number of ether oxygens (including phenoxy) is 3. The van der Waals surface area contributed by atoms with Crippen LogP contribution in [0.15, 0.2) is 67.0 Å². The Morgan fingerprint density at radius 3 is 2.70 bits per heavy atom. The number of thioether (sulfide) groups is 1. The molecule has 0 saturated heterocycles. The Morgan fingerprint density at radius 2 is 1.90 bits per heavy atom. The van der Waals surface area contributed by atoms with Gasteiger partial charge < -0.3 is 19.5 Å². The number of esters is 1. The smallest absolute Gasteiger partial charge is 0.414 e. The van der Waals surface area contributed by atoms with Crippen molar-refractivity contribution in [2.24, 2.45) is 5.92 Å². The maximum Gasteiger partial charge on any atom is 0.414 e. The van der Waals surface area contributed by atoms with Gasteiger partial charge in [-0.05, 0) is 96.7 Å². The lowest BCUT2D eigenvalue weighted by molar-refractivity contribution is -0.142. The number of carbonyl (C=O) groups is 3. The van der Waals surface area contributed by atoms with Crippen LogP contribution >= 0.6 is 35.0 Å². The van der Waals surface area contributed by atoms with Gasteiger partial charge in [-0.25, -0.2) is 9.59 Å². The molecule has 1 saturated carbocycles. The number of fused-ring (bicyclic) bond motifs is 3. The van der Waals surface area contributed by atoms with Crippen molar-refractivity contribution in [3.8, 4) is 16.9 Å². The molecule has 1 unspecified atom stereocenters. The van der Waals surface area contributed by atoms with Crippen LogP contribution in [0.4, 0.5) is 10.5 Å². The molecule has 0 radical (unpaired) electrons. The SMILES string of the molecule is COC(=O)C(CCSC)NC(=O)c1ccc(Cl)c(Cn2cc(-c3cccc4c3[C@H]3C[C@H]3CN4C(=O)OCCOc3cccc(Cl)c3C)cn2)c1. The largest absolute Gasteiger partial charge is 0.490 e. The first kappa shape index (κ1) is 35.6. The number of nitrogens with zero attached hydrogens (tertiary/aromatic N) is 3. The van der Waals surface area contributed by atoms with E-state index in [2.05, 4.69) is 16.5 Å². The number of carbonyl (C=O) groups excluding carboxylic acids is 3. The third-order valence-corrected chi connectivity index (χ3v) is 10.5. The van der Waals surface area contributed by atoms with Crippen LogP contribution in [0.3, 0.4) is 0 Å². The zero-order valence-electron chi connectivity index (χ0n) is 28.0. The summed E-state index contributed by atoms with van der Waals surface area (Å²) in [5.41, 5.74) is 5.80. The Hall–Kier alpha value is -4.19. The monoisotopic (exact) mass is 736 g/mol. The molecule has 10 nitrogen and oxygen atoms in total. The molecule has 1 fully saturated rings. The number of benzene rings is 3. The molecular weight excluding hydrogens is 699 g/mol. The molecule has 3 aromatic carbocycles. The fourth-order valence-corrected chi connectivity index (χ4v) is 7.12. The van der Waals surface area contributed by atoms with Gasteiger partial charge in [0.05, 0.1) is 25.5 Å². The van der Waals surface area contributed by atoms with Crippen LogP contribution in [0.5, 0.6) is 5.75 Å². The number of amides is 2. The fourth-order valence-electron chi connectivity index (χ4n) is 6.31. The molecule has 1 aliphatic heterocycles. The maximum atomic E-state index is 13.3. The zero-order chi connectivity index (χ0) is 35.4. The first-order valence-electron chi connectivity index (χ1n) is 16.3. The first-order valence-corrected chi connectivity index (χ1v) is 18.5. The number of methoxy groups -OCH3 is 1. The second kappa shape index (κ2) is 15.8. The Kier molecular flexibility index (Phi) is 11.2. The highest BCUT2D eigenvalue weighted by Gasteiger charge is 2.48. The molecule has 4 aromatic rings. The van der Waals surface area contributed by atoms with E-state index in [9.17, 15) is 14.4 Å². The fraction of sp³-hybridized carbons (Fsp3) is 0.351. The van der Waals surface area contributed by atoms with Crippen LogP contribution in [-0.4, -0.2) is 72.7 Å². The van der Waals surface area contributed by atoms with Gasteiger partial charge >= 0.3 is 12.1 Å². The van der Waals surface area contributed by atoms with Gasteiger partial charge in [0.1, 0.15) is 25.0 Å². The van der Waals surface area contributed by atoms with E-state index < -0.39 is 18.1 Å². The predicted molar refractivity (Wildman–Crippen MR) is 196 cm³/mol. The summed E-state index contributed by atoms with van der Waals surface area (Å²) in [6.45, 7) is 3.13. The summed E-state index contributed by atoms with van der Waals surface area (Å²) in [5, 5.41) is 8.52. The van der Waals surface area contributed by atoms with Crippen molar-refractivity contribution in [1.29, 1.82) is 0 Å². The van der Waals surface area contributed by atoms with Gasteiger partial charge in [0.15, 0.2) is 0 Å². The van der Waals surface area contributed by atoms with Crippen LogP contribution in [0.1, 0.15) is 45.8 Å². The van der Waals surface area contributed by atoms with Crippen LogP contribution < -0.4 is 15.0 Å². The van der Waals surface area contributed by atoms with Crippen molar-refractivity contribution in [1.82, 2.24) is 15.1 Å². The van der Waals surface area contributed by atoms with E-state index >= 15 is 0 Å². The molecule has 6 rings (SSSR count). The van der Waals surface area contributed by atoms with Crippen LogP contribution in [0, 0.1) is 12.8 Å². The van der Waals surface area contributed by atoms with E-state index in [1.165, 1.54) is 7.11 Å². The van der Waals surface area contributed by atoms with E-state index in [1.54, 1.807) is 51.8 Å². The molecule has 262 valence electrons. The van der Waals surface area contributed by atoms with Crippen LogP contribution in [0.2, 0.25) is 10.0 Å². The second-order valence-electron chi connectivity index (χ2n) is 12.3. The minimum atomic E-state index is -0.744. The summed E-state index contributed by atoms with van der Waals surface area (Å²) >= 11 is 14.3. The molecule has 0 bridgehead atoms. The number of hydrogen-bond acceptors (Lipinski definition) is 8. The van der Waals surface area contributed by atoms with Crippen molar-refractivity contribution >= 4 is 58.6 Å². The minimum absolute atomic E-state index is 0.104. The van der Waals surface area contributed by atoms with Crippen molar-refractivity contribution < 1.29 is 28.6 Å². The van der Waals surface area contributed by atoms with Crippen molar-refractivity contribution in [3.63, 3.8) is 0 Å². The molecule has 2 amide bonds. The van der Waals surface area contributed by atoms with Gasteiger partial charge in [-0.15, -0.1) is 0 Å². The number of rotatable bonds is 13. The lowest BCUT2D eigenvalue weighted by Gasteiger charge is -2.29. The molecule has 0 spiro atoms. The predicted octanol–water partition coefficient (Wildman–Crippen LogP) is 7.38. The zero-order valence-corrected chi connectivity index (χ0v) is 30.3. The topological polar surface area (TPSA) is 112 Å². The number of nitrogens with one attached hydrogen (secondary N) is 1. The van der Waals surface area contributed by atoms with E-state index in [-0.39, 0.29) is 19.1 Å². The third kappa shape index (κ3) is 7.90. The van der Waals surface area contributed by atoms with E-state index in [0.29, 0.717) is 64.0 Å². The minimum Gasteiger partial charge on any atom is -0.490 e. The Balaban J connectivity index is 1.14. The molecule has 1 N–H and O–H groups in total. The highest BCUT2D eigenvalue weighted by atomic mass is 35.5. The molecule has 2 heterocycles. The Morgan fingerprint density at radius 1 is 1.08 bits per heavy atom. The lowest BCUT2D eigenvalue weighted by atomic mass is 9.93. The average Bonchev–Trinajstić information content (AvgIpc) is 3.77. The molecule has 2 aliphatic rings. The number of anilines is 1. The van der Waals surface area contributed by atoms with Gasteiger partial charge in [-0.1, -0.05) is 41.4 Å². The number of hydrogen-bond donors (Lipinski definition) is 1. The van der Waals surface area contributed by atoms with E-state index in [4.69, 9.17) is 37.4 Å². The summed E-state index contributed by atoms with van der Waals surface area (Å²) < 4.78 is 18.1. The molecule has 3 atom stereocenters. The van der Waals surface area contributed by atoms with E-state index in [0.717, 1.165) is 34.4 Å². The van der Waals surface area contributed by atoms with Gasteiger partial charge in [-0.2, -0.15) is 16.9 Å². The van der Waals surface area contributed by atoms with Gasteiger partial charge in [0.2, 0.25) is 0 Å². The molecule has 13 heteroatoms.